The van der Waals surface area contributed by atoms with E-state index in [1.807, 2.05) is 6.21 Å². The maximum atomic E-state index is 12.1. The lowest BCUT2D eigenvalue weighted by atomic mass is 9.95. The van der Waals surface area contributed by atoms with Crippen molar-refractivity contribution in [2.75, 3.05) is 31.1 Å². The smallest absolute Gasteiger partial charge is 0.153 e. The molecule has 0 spiro atoms. The highest BCUT2D eigenvalue weighted by molar-refractivity contribution is 7.80. The molecule has 0 bridgehead atoms. The van der Waals surface area contributed by atoms with Crippen molar-refractivity contribution in [3.63, 3.8) is 0 Å². The van der Waals surface area contributed by atoms with Crippen molar-refractivity contribution < 1.29 is 9.90 Å². The minimum Gasteiger partial charge on any atom is -0.391 e. The van der Waals surface area contributed by atoms with E-state index in [-0.39, 0.29) is 17.6 Å². The number of nitrogen functional groups attached to an aromatic ring is 1. The number of hydrogen-bond acceptors (Lipinski definition) is 9. The number of likely N-dealkylation sites (tertiary alicyclic amines) is 1. The molecule has 1 aromatic rings. The summed E-state index contributed by atoms with van der Waals surface area (Å²) >= 11 is 4.11. The van der Waals surface area contributed by atoms with Crippen molar-refractivity contribution in [1.82, 2.24) is 14.9 Å². The second-order valence-corrected chi connectivity index (χ2v) is 7.16. The molecule has 8 nitrogen and oxygen atoms in total. The summed E-state index contributed by atoms with van der Waals surface area (Å²) in [4.78, 5) is 26.8. The number of aromatic nitrogens is 2. The molecule has 3 rings (SSSR count). The van der Waals surface area contributed by atoms with E-state index < -0.39 is 12.1 Å². The van der Waals surface area contributed by atoms with Crippen LogP contribution in [0.25, 0.3) is 0 Å². The van der Waals surface area contributed by atoms with Crippen molar-refractivity contribution in [2.45, 2.75) is 30.9 Å². The normalized spacial score (nSPS) is 26.8. The SMILES string of the molecule is Nc1ncnc2c1N=CC2CN1C[C@H](CC(=O)[C@@H](N)CCS)[C@@H](O)C1. The van der Waals surface area contributed by atoms with Crippen LogP contribution in [-0.4, -0.2) is 69.5 Å². The molecule has 136 valence electrons. The molecule has 2 aliphatic rings. The summed E-state index contributed by atoms with van der Waals surface area (Å²) in [5.41, 5.74) is 13.1. The molecule has 0 aliphatic carbocycles. The standard InChI is InChI=1S/C16H24N6O2S/c17-11(1-2-25)12(23)3-9-5-22(7-13(9)24)6-10-4-19-15-14(10)20-8-21-16(15)18/h4,8-11,13,24-25H,1-3,5-7,17H2,(H2,18,20,21)/t9-,10?,11-,13-/m0/s1. The Balaban J connectivity index is 1.57. The Morgan fingerprint density at radius 3 is 3.00 bits per heavy atom. The van der Waals surface area contributed by atoms with E-state index in [0.29, 0.717) is 49.7 Å². The number of Topliss-reactive ketones (excluding diaryl/α,β-unsaturated/α-hetero) is 1. The molecule has 1 aromatic heterocycles. The zero-order valence-corrected chi connectivity index (χ0v) is 14.8. The average molecular weight is 364 g/mol. The Morgan fingerprint density at radius 2 is 2.24 bits per heavy atom. The van der Waals surface area contributed by atoms with Crippen molar-refractivity contribution in [3.8, 4) is 0 Å². The van der Waals surface area contributed by atoms with Gasteiger partial charge in [-0.2, -0.15) is 12.6 Å². The number of carbonyl (C=O) groups is 1. The number of aliphatic hydroxyl groups is 1. The Morgan fingerprint density at radius 1 is 1.44 bits per heavy atom. The highest BCUT2D eigenvalue weighted by Crippen LogP contribution is 2.35. The fraction of sp³-hybridized carbons (Fsp3) is 0.625. The Labute approximate surface area is 152 Å². The zero-order valence-electron chi connectivity index (χ0n) is 14.0. The minimum absolute atomic E-state index is 0.00626. The monoisotopic (exact) mass is 364 g/mol. The summed E-state index contributed by atoms with van der Waals surface area (Å²) in [6.07, 6.45) is 3.60. The molecule has 0 saturated carbocycles. The highest BCUT2D eigenvalue weighted by atomic mass is 32.1. The molecular formula is C16H24N6O2S. The molecule has 0 radical (unpaired) electrons. The third kappa shape index (κ3) is 4.00. The quantitative estimate of drug-likeness (QED) is 0.491. The number of ketones is 1. The van der Waals surface area contributed by atoms with Gasteiger partial charge in [0.1, 0.15) is 17.8 Å². The summed E-state index contributed by atoms with van der Waals surface area (Å²) in [6, 6.07) is -0.493. The van der Waals surface area contributed by atoms with Gasteiger partial charge in [0.05, 0.1) is 23.8 Å². The first-order valence-electron chi connectivity index (χ1n) is 8.43. The number of nitrogens with two attached hydrogens (primary N) is 2. The first kappa shape index (κ1) is 18.2. The Hall–Kier alpha value is -1.55. The molecule has 25 heavy (non-hydrogen) atoms. The van der Waals surface area contributed by atoms with Crippen LogP contribution in [0.2, 0.25) is 0 Å². The van der Waals surface area contributed by atoms with Gasteiger partial charge >= 0.3 is 0 Å². The number of anilines is 1. The summed E-state index contributed by atoms with van der Waals surface area (Å²) in [6.45, 7) is 1.86. The van der Waals surface area contributed by atoms with Crippen LogP contribution in [0.5, 0.6) is 0 Å². The van der Waals surface area contributed by atoms with Crippen LogP contribution in [0.4, 0.5) is 11.5 Å². The van der Waals surface area contributed by atoms with E-state index in [1.54, 1.807) is 0 Å². The maximum absolute atomic E-state index is 12.1. The van der Waals surface area contributed by atoms with Gasteiger partial charge in [-0.1, -0.05) is 0 Å². The summed E-state index contributed by atoms with van der Waals surface area (Å²) in [7, 11) is 0. The van der Waals surface area contributed by atoms with Gasteiger partial charge in [-0.15, -0.1) is 0 Å². The number of β-amino-alcohol motifs (C(OH)–C–C–N with tert-alkyl or cyclic N) is 1. The van der Waals surface area contributed by atoms with Gasteiger partial charge in [0.2, 0.25) is 0 Å². The first-order chi connectivity index (χ1) is 12.0. The molecule has 0 aromatic carbocycles. The van der Waals surface area contributed by atoms with Crippen LogP contribution >= 0.6 is 12.6 Å². The van der Waals surface area contributed by atoms with E-state index in [9.17, 15) is 9.90 Å². The third-order valence-electron chi connectivity index (χ3n) is 4.87. The van der Waals surface area contributed by atoms with Gasteiger partial charge in [-0.3, -0.25) is 14.7 Å². The van der Waals surface area contributed by atoms with Crippen molar-refractivity contribution in [3.05, 3.63) is 12.0 Å². The number of aliphatic imine (C=N–C) groups is 1. The van der Waals surface area contributed by atoms with Crippen molar-refractivity contribution in [1.29, 1.82) is 0 Å². The number of fused-ring (bicyclic) bond motifs is 1. The number of carbonyl (C=O) groups excluding carboxylic acids is 1. The molecule has 5 N–H and O–H groups in total. The van der Waals surface area contributed by atoms with Crippen molar-refractivity contribution in [2.24, 2.45) is 16.6 Å². The summed E-state index contributed by atoms with van der Waals surface area (Å²) in [5.74, 6) is 0.887. The molecule has 1 saturated heterocycles. The maximum Gasteiger partial charge on any atom is 0.153 e. The zero-order chi connectivity index (χ0) is 18.0. The number of aliphatic hydroxyl groups excluding tert-OH is 1. The summed E-state index contributed by atoms with van der Waals surface area (Å²) < 4.78 is 0. The number of nitrogens with zero attached hydrogens (tertiary/aromatic N) is 4. The first-order valence-corrected chi connectivity index (χ1v) is 9.07. The third-order valence-corrected chi connectivity index (χ3v) is 5.13. The predicted molar refractivity (Wildman–Crippen MR) is 99.3 cm³/mol. The second kappa shape index (κ2) is 7.77. The lowest BCUT2D eigenvalue weighted by Gasteiger charge is -2.19. The van der Waals surface area contributed by atoms with E-state index >= 15 is 0 Å². The van der Waals surface area contributed by atoms with Crippen molar-refractivity contribution >= 4 is 36.1 Å². The fourth-order valence-corrected chi connectivity index (χ4v) is 3.74. The van der Waals surface area contributed by atoms with Crippen LogP contribution in [0.15, 0.2) is 11.3 Å². The Bertz CT molecular complexity index is 670. The van der Waals surface area contributed by atoms with Gasteiger partial charge in [0, 0.05) is 38.2 Å². The van der Waals surface area contributed by atoms with Gasteiger partial charge in [-0.05, 0) is 12.2 Å². The van der Waals surface area contributed by atoms with Gasteiger partial charge in [0.15, 0.2) is 5.82 Å². The number of rotatable bonds is 7. The largest absolute Gasteiger partial charge is 0.391 e. The minimum atomic E-state index is -0.527. The Kier molecular flexibility index (Phi) is 5.67. The van der Waals surface area contributed by atoms with Gasteiger partial charge in [-0.25, -0.2) is 9.97 Å². The topological polar surface area (TPSA) is 131 Å². The fourth-order valence-electron chi connectivity index (χ4n) is 3.46. The van der Waals surface area contributed by atoms with Gasteiger partial charge in [0.25, 0.3) is 0 Å². The molecule has 9 heteroatoms. The lowest BCUT2D eigenvalue weighted by molar-refractivity contribution is -0.121. The van der Waals surface area contributed by atoms with E-state index in [4.69, 9.17) is 11.5 Å². The van der Waals surface area contributed by atoms with Crippen LogP contribution in [0.1, 0.15) is 24.5 Å². The molecule has 1 fully saturated rings. The summed E-state index contributed by atoms with van der Waals surface area (Å²) in [5, 5.41) is 10.3. The van der Waals surface area contributed by atoms with E-state index in [2.05, 4.69) is 32.5 Å². The average Bonchev–Trinajstić information content (AvgIpc) is 3.13. The molecular weight excluding hydrogens is 340 g/mol. The van der Waals surface area contributed by atoms with Crippen LogP contribution < -0.4 is 11.5 Å². The number of thiol groups is 1. The van der Waals surface area contributed by atoms with E-state index in [1.165, 1.54) is 6.33 Å². The number of hydrogen-bond donors (Lipinski definition) is 4. The highest BCUT2D eigenvalue weighted by Gasteiger charge is 2.35. The molecule has 2 aliphatic heterocycles. The predicted octanol–water partition coefficient (Wildman–Crippen LogP) is -0.243. The molecule has 0 amide bonds. The van der Waals surface area contributed by atoms with Gasteiger partial charge < -0.3 is 16.6 Å². The molecule has 1 unspecified atom stereocenters. The lowest BCUT2D eigenvalue weighted by Crippen LogP contribution is -2.34. The van der Waals surface area contributed by atoms with Crippen LogP contribution in [0.3, 0.4) is 0 Å². The molecule has 3 heterocycles. The van der Waals surface area contributed by atoms with E-state index in [0.717, 1.165) is 5.69 Å². The van der Waals surface area contributed by atoms with Crippen LogP contribution in [0, 0.1) is 5.92 Å². The second-order valence-electron chi connectivity index (χ2n) is 6.71. The molecule has 4 atom stereocenters. The van der Waals surface area contributed by atoms with Crippen LogP contribution in [-0.2, 0) is 4.79 Å².